The van der Waals surface area contributed by atoms with Crippen molar-refractivity contribution in [1.82, 2.24) is 10.2 Å². The van der Waals surface area contributed by atoms with Crippen LogP contribution >= 0.6 is 11.8 Å². The number of rotatable bonds is 8. The number of thioether (sulfide) groups is 1. The van der Waals surface area contributed by atoms with Gasteiger partial charge in [-0.2, -0.15) is 11.8 Å². The molecular weight excluding hydrogens is 220 g/mol. The summed E-state index contributed by atoms with van der Waals surface area (Å²) >= 11 is 1.88. The molecule has 1 unspecified atom stereocenters. The Balaban J connectivity index is 2.17. The molecule has 1 amide bonds. The van der Waals surface area contributed by atoms with E-state index in [4.69, 9.17) is 0 Å². The van der Waals surface area contributed by atoms with Gasteiger partial charge in [0.15, 0.2) is 0 Å². The van der Waals surface area contributed by atoms with Crippen molar-refractivity contribution in [2.45, 2.75) is 45.1 Å². The summed E-state index contributed by atoms with van der Waals surface area (Å²) in [5.41, 5.74) is 0. The van der Waals surface area contributed by atoms with Crippen molar-refractivity contribution in [3.63, 3.8) is 0 Å². The summed E-state index contributed by atoms with van der Waals surface area (Å²) in [4.78, 5) is 13.9. The largest absolute Gasteiger partial charge is 0.329 e. The highest BCUT2D eigenvalue weighted by Gasteiger charge is 2.29. The van der Waals surface area contributed by atoms with Crippen LogP contribution in [0.2, 0.25) is 0 Å². The van der Waals surface area contributed by atoms with Gasteiger partial charge in [0.05, 0.1) is 12.7 Å². The molecule has 94 valence electrons. The van der Waals surface area contributed by atoms with Crippen molar-refractivity contribution in [3.05, 3.63) is 0 Å². The second-order valence-electron chi connectivity index (χ2n) is 4.36. The molecule has 3 nitrogen and oxygen atoms in total. The minimum absolute atomic E-state index is 0.0977. The Hall–Kier alpha value is -0.220. The molecule has 1 saturated heterocycles. The van der Waals surface area contributed by atoms with Crippen molar-refractivity contribution in [3.8, 4) is 0 Å². The van der Waals surface area contributed by atoms with Crippen molar-refractivity contribution in [1.29, 1.82) is 0 Å². The molecule has 4 heteroatoms. The van der Waals surface area contributed by atoms with Crippen molar-refractivity contribution < 1.29 is 4.79 Å². The van der Waals surface area contributed by atoms with Crippen LogP contribution in [0.15, 0.2) is 0 Å². The lowest BCUT2D eigenvalue weighted by Gasteiger charge is -2.14. The lowest BCUT2D eigenvalue weighted by molar-refractivity contribution is -0.129. The smallest absolute Gasteiger partial charge is 0.240 e. The van der Waals surface area contributed by atoms with Gasteiger partial charge >= 0.3 is 0 Å². The minimum Gasteiger partial charge on any atom is -0.329 e. The molecule has 0 radical (unpaired) electrons. The molecule has 0 aromatic heterocycles. The molecule has 1 atom stereocenters. The van der Waals surface area contributed by atoms with Gasteiger partial charge in [-0.05, 0) is 31.3 Å². The summed E-state index contributed by atoms with van der Waals surface area (Å²) in [6.07, 6.45) is 7.78. The molecule has 0 spiro atoms. The first kappa shape index (κ1) is 13.8. The van der Waals surface area contributed by atoms with E-state index < -0.39 is 0 Å². The molecule has 16 heavy (non-hydrogen) atoms. The molecule has 0 aliphatic carbocycles. The molecule has 1 heterocycles. The Kier molecular flexibility index (Phi) is 6.88. The summed E-state index contributed by atoms with van der Waals surface area (Å²) < 4.78 is 0. The Labute approximate surface area is 103 Å². The Morgan fingerprint density at radius 3 is 2.94 bits per heavy atom. The first-order valence-electron chi connectivity index (χ1n) is 6.30. The van der Waals surface area contributed by atoms with Crippen LogP contribution in [0.1, 0.15) is 39.0 Å². The maximum Gasteiger partial charge on any atom is 0.240 e. The summed E-state index contributed by atoms with van der Waals surface area (Å²) in [5, 5.41) is 3.30. The van der Waals surface area contributed by atoms with Crippen LogP contribution in [-0.4, -0.2) is 42.1 Å². The standard InChI is InChI=1S/C12H24N2OS/c1-3-4-7-11-12(15)14(10-13-11)8-5-6-9-16-2/h11,13H,3-10H2,1-2H3. The normalized spacial score (nSPS) is 20.8. The number of nitrogens with zero attached hydrogens (tertiary/aromatic N) is 1. The van der Waals surface area contributed by atoms with Crippen LogP contribution in [-0.2, 0) is 4.79 Å². The van der Waals surface area contributed by atoms with E-state index in [2.05, 4.69) is 18.5 Å². The maximum absolute atomic E-state index is 11.9. The third kappa shape index (κ3) is 4.34. The number of amides is 1. The van der Waals surface area contributed by atoms with E-state index in [1.165, 1.54) is 18.6 Å². The topological polar surface area (TPSA) is 32.3 Å². The highest BCUT2D eigenvalue weighted by Crippen LogP contribution is 2.11. The molecule has 1 N–H and O–H groups in total. The predicted octanol–water partition coefficient (Wildman–Crippen LogP) is 2.08. The monoisotopic (exact) mass is 244 g/mol. The van der Waals surface area contributed by atoms with Crippen molar-refractivity contribution >= 4 is 17.7 Å². The third-order valence-electron chi connectivity index (χ3n) is 3.01. The lowest BCUT2D eigenvalue weighted by atomic mass is 10.1. The molecule has 1 rings (SSSR count). The van der Waals surface area contributed by atoms with E-state index in [-0.39, 0.29) is 6.04 Å². The molecule has 1 aliphatic rings. The van der Waals surface area contributed by atoms with Gasteiger partial charge < -0.3 is 4.90 Å². The highest BCUT2D eigenvalue weighted by molar-refractivity contribution is 7.98. The van der Waals surface area contributed by atoms with Crippen molar-refractivity contribution in [2.24, 2.45) is 0 Å². The SMILES string of the molecule is CCCCC1NCN(CCCCSC)C1=O. The predicted molar refractivity (Wildman–Crippen MR) is 70.6 cm³/mol. The first-order chi connectivity index (χ1) is 7.79. The average molecular weight is 244 g/mol. The van der Waals surface area contributed by atoms with Gasteiger partial charge in [0.25, 0.3) is 0 Å². The highest BCUT2D eigenvalue weighted by atomic mass is 32.2. The number of unbranched alkanes of at least 4 members (excludes halogenated alkanes) is 2. The van der Waals surface area contributed by atoms with Gasteiger partial charge in [0, 0.05) is 6.54 Å². The fourth-order valence-electron chi connectivity index (χ4n) is 1.98. The van der Waals surface area contributed by atoms with Crippen LogP contribution in [0.5, 0.6) is 0 Å². The van der Waals surface area contributed by atoms with Gasteiger partial charge in [-0.1, -0.05) is 19.8 Å². The second kappa shape index (κ2) is 7.96. The number of hydrogen-bond donors (Lipinski definition) is 1. The van der Waals surface area contributed by atoms with E-state index in [1.807, 2.05) is 16.7 Å². The second-order valence-corrected chi connectivity index (χ2v) is 5.34. The van der Waals surface area contributed by atoms with Crippen LogP contribution in [0.4, 0.5) is 0 Å². The molecule has 0 aromatic rings. The number of carbonyl (C=O) groups is 1. The van der Waals surface area contributed by atoms with Gasteiger partial charge in [-0.25, -0.2) is 0 Å². The fraction of sp³-hybridized carbons (Fsp3) is 0.917. The number of hydrogen-bond acceptors (Lipinski definition) is 3. The van der Waals surface area contributed by atoms with Gasteiger partial charge in [-0.3, -0.25) is 10.1 Å². The lowest BCUT2D eigenvalue weighted by Crippen LogP contribution is -2.31. The zero-order valence-corrected chi connectivity index (χ0v) is 11.3. The molecule has 1 aliphatic heterocycles. The Bertz CT molecular complexity index is 211. The molecule has 1 fully saturated rings. The van der Waals surface area contributed by atoms with E-state index in [9.17, 15) is 4.79 Å². The fourth-order valence-corrected chi connectivity index (χ4v) is 2.47. The van der Waals surface area contributed by atoms with Crippen molar-refractivity contribution in [2.75, 3.05) is 25.2 Å². The van der Waals surface area contributed by atoms with E-state index in [0.717, 1.165) is 32.5 Å². The molecule has 0 bridgehead atoms. The van der Waals surface area contributed by atoms with E-state index >= 15 is 0 Å². The van der Waals surface area contributed by atoms with Crippen LogP contribution in [0.3, 0.4) is 0 Å². The summed E-state index contributed by atoms with van der Waals surface area (Å²) in [7, 11) is 0. The number of nitrogens with one attached hydrogen (secondary N) is 1. The van der Waals surface area contributed by atoms with Crippen LogP contribution in [0, 0.1) is 0 Å². The molecule has 0 saturated carbocycles. The summed E-state index contributed by atoms with van der Waals surface area (Å²) in [6.45, 7) is 3.85. The molecular formula is C12H24N2OS. The van der Waals surface area contributed by atoms with Crippen LogP contribution < -0.4 is 5.32 Å². The van der Waals surface area contributed by atoms with Gasteiger partial charge in [-0.15, -0.1) is 0 Å². The van der Waals surface area contributed by atoms with E-state index in [0.29, 0.717) is 5.91 Å². The Morgan fingerprint density at radius 1 is 1.44 bits per heavy atom. The minimum atomic E-state index is 0.0977. The molecule has 0 aromatic carbocycles. The third-order valence-corrected chi connectivity index (χ3v) is 3.71. The number of carbonyl (C=O) groups excluding carboxylic acids is 1. The van der Waals surface area contributed by atoms with Crippen LogP contribution in [0.25, 0.3) is 0 Å². The first-order valence-corrected chi connectivity index (χ1v) is 7.70. The quantitative estimate of drug-likeness (QED) is 0.664. The maximum atomic E-state index is 11.9. The van der Waals surface area contributed by atoms with Gasteiger partial charge in [0.1, 0.15) is 0 Å². The summed E-state index contributed by atoms with van der Waals surface area (Å²) in [5.74, 6) is 1.52. The summed E-state index contributed by atoms with van der Waals surface area (Å²) in [6, 6.07) is 0.0977. The Morgan fingerprint density at radius 2 is 2.25 bits per heavy atom. The zero-order valence-electron chi connectivity index (χ0n) is 10.5. The zero-order chi connectivity index (χ0) is 11.8. The van der Waals surface area contributed by atoms with E-state index in [1.54, 1.807) is 0 Å². The van der Waals surface area contributed by atoms with Gasteiger partial charge in [0.2, 0.25) is 5.91 Å². The average Bonchev–Trinajstić information content (AvgIpc) is 2.64.